The van der Waals surface area contributed by atoms with E-state index in [9.17, 15) is 13.2 Å². The van der Waals surface area contributed by atoms with Gasteiger partial charge in [-0.25, -0.2) is 13.2 Å². The number of rotatable bonds is 4. The molecular weight excluding hydrogens is 242 g/mol. The van der Waals surface area contributed by atoms with Crippen molar-refractivity contribution >= 4 is 15.9 Å². The summed E-state index contributed by atoms with van der Waals surface area (Å²) in [4.78, 5) is 12.8. The van der Waals surface area contributed by atoms with E-state index < -0.39 is 15.9 Å². The third-order valence-electron chi connectivity index (χ3n) is 2.06. The summed E-state index contributed by atoms with van der Waals surface area (Å²) in [6.45, 7) is 0.116. The molecule has 0 radical (unpaired) electrons. The highest BCUT2D eigenvalue weighted by Gasteiger charge is 2.13. The first-order chi connectivity index (χ1) is 7.88. The van der Waals surface area contributed by atoms with E-state index in [4.69, 9.17) is 4.74 Å². The lowest BCUT2D eigenvalue weighted by Gasteiger charge is -2.15. The summed E-state index contributed by atoms with van der Waals surface area (Å²) in [6, 6.07) is 8.62. The van der Waals surface area contributed by atoms with E-state index in [2.05, 4.69) is 0 Å². The number of hydrogen-bond acceptors (Lipinski definition) is 4. The summed E-state index contributed by atoms with van der Waals surface area (Å²) < 4.78 is 26.9. The van der Waals surface area contributed by atoms with E-state index in [1.165, 1.54) is 11.9 Å². The Balaban J connectivity index is 2.48. The molecule has 0 aliphatic rings. The van der Waals surface area contributed by atoms with Gasteiger partial charge in [-0.15, -0.1) is 0 Å². The molecule has 0 saturated carbocycles. The van der Waals surface area contributed by atoms with Crippen LogP contribution >= 0.6 is 0 Å². The average molecular weight is 257 g/mol. The highest BCUT2D eigenvalue weighted by atomic mass is 32.2. The highest BCUT2D eigenvalue weighted by Crippen LogP contribution is 2.09. The lowest BCUT2D eigenvalue weighted by atomic mass is 10.3. The zero-order chi connectivity index (χ0) is 12.9. The molecule has 0 spiro atoms. The third-order valence-corrected chi connectivity index (χ3v) is 2.98. The molecule has 1 amide bonds. The lowest BCUT2D eigenvalue weighted by Crippen LogP contribution is -2.33. The Morgan fingerprint density at radius 1 is 1.29 bits per heavy atom. The van der Waals surface area contributed by atoms with Gasteiger partial charge in [0.25, 0.3) is 0 Å². The van der Waals surface area contributed by atoms with Crippen molar-refractivity contribution in [3.05, 3.63) is 30.3 Å². The van der Waals surface area contributed by atoms with Gasteiger partial charge in [-0.3, -0.25) is 0 Å². The van der Waals surface area contributed by atoms with Crippen molar-refractivity contribution in [2.75, 3.05) is 25.6 Å². The Kier molecular flexibility index (Phi) is 4.51. The van der Waals surface area contributed by atoms with Crippen molar-refractivity contribution in [2.45, 2.75) is 0 Å². The number of carbonyl (C=O) groups is 1. The molecule has 0 atom stereocenters. The number of para-hydroxylation sites is 1. The van der Waals surface area contributed by atoms with Crippen LogP contribution in [0.25, 0.3) is 0 Å². The van der Waals surface area contributed by atoms with Crippen LogP contribution in [0, 0.1) is 0 Å². The molecule has 0 unspecified atom stereocenters. The quantitative estimate of drug-likeness (QED) is 0.812. The third kappa shape index (κ3) is 5.35. The maximum absolute atomic E-state index is 11.5. The molecule has 1 aromatic rings. The minimum Gasteiger partial charge on any atom is -0.410 e. The van der Waals surface area contributed by atoms with Crippen molar-refractivity contribution in [3.63, 3.8) is 0 Å². The number of carbonyl (C=O) groups excluding carboxylic acids is 1. The predicted molar refractivity (Wildman–Crippen MR) is 64.8 cm³/mol. The molecule has 0 fully saturated rings. The first-order valence-corrected chi connectivity index (χ1v) is 7.10. The van der Waals surface area contributed by atoms with Gasteiger partial charge in [-0.05, 0) is 12.1 Å². The summed E-state index contributed by atoms with van der Waals surface area (Å²) in [6.07, 6.45) is 0.559. The van der Waals surface area contributed by atoms with Crippen molar-refractivity contribution in [3.8, 4) is 5.75 Å². The van der Waals surface area contributed by atoms with Crippen LogP contribution in [0.1, 0.15) is 0 Å². The average Bonchev–Trinajstić information content (AvgIpc) is 2.26. The molecule has 94 valence electrons. The van der Waals surface area contributed by atoms with Crippen LogP contribution in [0.3, 0.4) is 0 Å². The molecule has 17 heavy (non-hydrogen) atoms. The molecular formula is C11H15NO4S. The van der Waals surface area contributed by atoms with Gasteiger partial charge in [0, 0.05) is 19.8 Å². The second kappa shape index (κ2) is 5.67. The van der Waals surface area contributed by atoms with Gasteiger partial charge >= 0.3 is 6.09 Å². The molecule has 6 heteroatoms. The predicted octanol–water partition coefficient (Wildman–Crippen LogP) is 1.16. The topological polar surface area (TPSA) is 63.7 Å². The molecule has 0 heterocycles. The fourth-order valence-electron chi connectivity index (χ4n) is 1.06. The second-order valence-corrected chi connectivity index (χ2v) is 5.99. The van der Waals surface area contributed by atoms with E-state index >= 15 is 0 Å². The van der Waals surface area contributed by atoms with E-state index in [-0.39, 0.29) is 12.3 Å². The molecule has 0 aliphatic heterocycles. The lowest BCUT2D eigenvalue weighted by molar-refractivity contribution is 0.165. The summed E-state index contributed by atoms with van der Waals surface area (Å²) in [7, 11) is -1.58. The number of amides is 1. The van der Waals surface area contributed by atoms with E-state index in [0.717, 1.165) is 6.26 Å². The number of benzene rings is 1. The highest BCUT2D eigenvalue weighted by molar-refractivity contribution is 7.90. The molecule has 0 N–H and O–H groups in total. The Bertz CT molecular complexity index is 470. The first-order valence-electron chi connectivity index (χ1n) is 5.04. The van der Waals surface area contributed by atoms with Crippen molar-refractivity contribution in [1.29, 1.82) is 0 Å². The zero-order valence-corrected chi connectivity index (χ0v) is 10.6. The maximum atomic E-state index is 11.5. The van der Waals surface area contributed by atoms with Crippen molar-refractivity contribution in [1.82, 2.24) is 4.90 Å². The Hall–Kier alpha value is -1.56. The fraction of sp³-hybridized carbons (Fsp3) is 0.364. The van der Waals surface area contributed by atoms with Crippen LogP contribution in [0.4, 0.5) is 4.79 Å². The Morgan fingerprint density at radius 2 is 1.88 bits per heavy atom. The summed E-state index contributed by atoms with van der Waals surface area (Å²) in [5, 5.41) is 0. The van der Waals surface area contributed by atoms with E-state index in [1.54, 1.807) is 24.3 Å². The molecule has 0 saturated heterocycles. The van der Waals surface area contributed by atoms with Gasteiger partial charge in [-0.2, -0.15) is 0 Å². The number of hydrogen-bond donors (Lipinski definition) is 0. The second-order valence-electron chi connectivity index (χ2n) is 3.73. The van der Waals surface area contributed by atoms with Gasteiger partial charge in [-0.1, -0.05) is 18.2 Å². The standard InChI is InChI=1S/C11H15NO4S/c1-12(8-9-17(2,14)15)11(13)16-10-6-4-3-5-7-10/h3-7H,8-9H2,1-2H3. The molecule has 0 aromatic heterocycles. The molecule has 0 aliphatic carbocycles. The van der Waals surface area contributed by atoms with Gasteiger partial charge < -0.3 is 9.64 Å². The Morgan fingerprint density at radius 3 is 2.41 bits per heavy atom. The smallest absolute Gasteiger partial charge is 0.410 e. The zero-order valence-electron chi connectivity index (χ0n) is 9.79. The molecule has 1 rings (SSSR count). The fourth-order valence-corrected chi connectivity index (χ4v) is 1.67. The minimum absolute atomic E-state index is 0.0760. The monoisotopic (exact) mass is 257 g/mol. The van der Waals surface area contributed by atoms with Crippen LogP contribution in [-0.2, 0) is 9.84 Å². The summed E-state index contributed by atoms with van der Waals surface area (Å²) in [5.74, 6) is 0.358. The van der Waals surface area contributed by atoms with Crippen LogP contribution in [-0.4, -0.2) is 45.0 Å². The van der Waals surface area contributed by atoms with Gasteiger partial charge in [0.05, 0.1) is 5.75 Å². The van der Waals surface area contributed by atoms with Crippen molar-refractivity contribution in [2.24, 2.45) is 0 Å². The summed E-state index contributed by atoms with van der Waals surface area (Å²) >= 11 is 0. The van der Waals surface area contributed by atoms with Crippen LogP contribution in [0.2, 0.25) is 0 Å². The van der Waals surface area contributed by atoms with Crippen molar-refractivity contribution < 1.29 is 17.9 Å². The summed E-state index contributed by atoms with van der Waals surface area (Å²) in [5.41, 5.74) is 0. The molecule has 1 aromatic carbocycles. The van der Waals surface area contributed by atoms with Gasteiger partial charge in [0.1, 0.15) is 15.6 Å². The maximum Gasteiger partial charge on any atom is 0.414 e. The van der Waals surface area contributed by atoms with Crippen LogP contribution < -0.4 is 4.74 Å². The number of nitrogens with zero attached hydrogens (tertiary/aromatic N) is 1. The Labute approximate surface area is 101 Å². The largest absolute Gasteiger partial charge is 0.414 e. The molecule has 0 bridgehead atoms. The molecule has 5 nitrogen and oxygen atoms in total. The van der Waals surface area contributed by atoms with Crippen LogP contribution in [0.5, 0.6) is 5.75 Å². The SMILES string of the molecule is CN(CCS(C)(=O)=O)C(=O)Oc1ccccc1. The normalized spacial score (nSPS) is 10.9. The minimum atomic E-state index is -3.08. The van der Waals surface area contributed by atoms with Gasteiger partial charge in [0.15, 0.2) is 0 Å². The first kappa shape index (κ1) is 13.5. The van der Waals surface area contributed by atoms with Crippen LogP contribution in [0.15, 0.2) is 30.3 Å². The van der Waals surface area contributed by atoms with Gasteiger partial charge in [0.2, 0.25) is 0 Å². The van der Waals surface area contributed by atoms with E-state index in [0.29, 0.717) is 5.75 Å². The van der Waals surface area contributed by atoms with E-state index in [1.807, 2.05) is 6.07 Å². The number of sulfone groups is 1. The number of ether oxygens (including phenoxy) is 1.